The number of nitrogens with one attached hydrogen (secondary N) is 1. The average molecular weight is 522 g/mol. The first-order chi connectivity index (χ1) is 18.2. The molecule has 3 aromatic carbocycles. The summed E-state index contributed by atoms with van der Waals surface area (Å²) in [7, 11) is 3.43. The van der Waals surface area contributed by atoms with Crippen LogP contribution in [0.3, 0.4) is 0 Å². The average Bonchev–Trinajstić information content (AvgIpc) is 3.23. The van der Waals surface area contributed by atoms with Crippen molar-refractivity contribution in [3.05, 3.63) is 101 Å². The maximum absolute atomic E-state index is 14.0. The fourth-order valence-electron chi connectivity index (χ4n) is 5.26. The molecule has 2 heterocycles. The zero-order chi connectivity index (χ0) is 27.0. The minimum absolute atomic E-state index is 0.0271. The van der Waals surface area contributed by atoms with E-state index in [-0.39, 0.29) is 24.7 Å². The second-order valence-electron chi connectivity index (χ2n) is 9.28. The molecule has 5 rings (SSSR count). The van der Waals surface area contributed by atoms with E-state index in [0.717, 1.165) is 28.6 Å². The van der Waals surface area contributed by atoms with Crippen molar-refractivity contribution in [2.24, 2.45) is 7.05 Å². The van der Waals surface area contributed by atoms with Crippen molar-refractivity contribution in [3.8, 4) is 0 Å². The lowest BCUT2D eigenvalue weighted by molar-refractivity contribution is -0.137. The van der Waals surface area contributed by atoms with E-state index < -0.39 is 29.6 Å². The molecule has 1 N–H and O–H groups in total. The molecule has 196 valence electrons. The number of fused-ring (bicyclic) bond motifs is 2. The highest BCUT2D eigenvalue weighted by molar-refractivity contribution is 6.05. The smallest absolute Gasteiger partial charge is 0.383 e. The Kier molecular flexibility index (Phi) is 6.71. The van der Waals surface area contributed by atoms with Gasteiger partial charge in [-0.25, -0.2) is 0 Å². The lowest BCUT2D eigenvalue weighted by atomic mass is 9.79. The summed E-state index contributed by atoms with van der Waals surface area (Å²) in [6.45, 7) is 0.474. The zero-order valence-corrected chi connectivity index (χ0v) is 20.8. The second kappa shape index (κ2) is 9.98. The summed E-state index contributed by atoms with van der Waals surface area (Å²) in [5.74, 6) is -1.63. The van der Waals surface area contributed by atoms with Crippen molar-refractivity contribution < 1.29 is 27.5 Å². The van der Waals surface area contributed by atoms with Crippen molar-refractivity contribution >= 4 is 28.4 Å². The van der Waals surface area contributed by atoms with Gasteiger partial charge in [0.1, 0.15) is 0 Å². The highest BCUT2D eigenvalue weighted by Gasteiger charge is 2.45. The molecule has 1 aliphatic rings. The largest absolute Gasteiger partial charge is 0.416 e. The molecule has 2 amide bonds. The summed E-state index contributed by atoms with van der Waals surface area (Å²) < 4.78 is 47.2. The summed E-state index contributed by atoms with van der Waals surface area (Å²) in [5.41, 5.74) is 1.77. The van der Waals surface area contributed by atoms with Gasteiger partial charge in [0.05, 0.1) is 24.1 Å². The summed E-state index contributed by atoms with van der Waals surface area (Å²) in [6.07, 6.45) is -2.64. The second-order valence-corrected chi connectivity index (χ2v) is 9.28. The molecule has 38 heavy (non-hydrogen) atoms. The van der Waals surface area contributed by atoms with Crippen LogP contribution in [0, 0.1) is 0 Å². The molecule has 9 heteroatoms. The summed E-state index contributed by atoms with van der Waals surface area (Å²) in [4.78, 5) is 29.3. The molecule has 2 atom stereocenters. The number of benzene rings is 3. The van der Waals surface area contributed by atoms with Crippen LogP contribution in [-0.4, -0.2) is 41.5 Å². The van der Waals surface area contributed by atoms with Crippen molar-refractivity contribution in [2.45, 2.75) is 18.1 Å². The minimum Gasteiger partial charge on any atom is -0.383 e. The van der Waals surface area contributed by atoms with Crippen LogP contribution in [0.15, 0.2) is 79.0 Å². The number of anilines is 1. The van der Waals surface area contributed by atoms with Gasteiger partial charge in [0.15, 0.2) is 0 Å². The fourth-order valence-corrected chi connectivity index (χ4v) is 5.26. The van der Waals surface area contributed by atoms with Crippen LogP contribution in [0.1, 0.15) is 39.0 Å². The Bertz CT molecular complexity index is 1510. The molecule has 0 fully saturated rings. The molecule has 0 aliphatic carbocycles. The monoisotopic (exact) mass is 521 g/mol. The highest BCUT2D eigenvalue weighted by Crippen LogP contribution is 2.45. The van der Waals surface area contributed by atoms with E-state index in [0.29, 0.717) is 11.1 Å². The number of hydrogen-bond acceptors (Lipinski definition) is 3. The molecular formula is C29H26F3N3O3. The first-order valence-corrected chi connectivity index (χ1v) is 12.1. The normalized spacial score (nSPS) is 17.5. The third-order valence-corrected chi connectivity index (χ3v) is 6.96. The summed E-state index contributed by atoms with van der Waals surface area (Å²) >= 11 is 0. The number of carbonyl (C=O) groups excluding carboxylic acids is 2. The van der Waals surface area contributed by atoms with E-state index in [1.165, 1.54) is 19.2 Å². The van der Waals surface area contributed by atoms with Gasteiger partial charge in [-0.2, -0.15) is 13.2 Å². The van der Waals surface area contributed by atoms with Gasteiger partial charge in [-0.1, -0.05) is 42.5 Å². The third-order valence-electron chi connectivity index (χ3n) is 6.96. The van der Waals surface area contributed by atoms with Crippen LogP contribution in [0.5, 0.6) is 0 Å². The first kappa shape index (κ1) is 25.5. The maximum atomic E-state index is 14.0. The number of alkyl halides is 3. The fraction of sp³-hybridized carbons (Fsp3) is 0.241. The van der Waals surface area contributed by atoms with Crippen LogP contribution >= 0.6 is 0 Å². The molecule has 0 unspecified atom stereocenters. The number of hydrogen-bond donors (Lipinski definition) is 1. The van der Waals surface area contributed by atoms with Gasteiger partial charge < -0.3 is 19.5 Å². The van der Waals surface area contributed by atoms with Gasteiger partial charge in [0.2, 0.25) is 5.91 Å². The van der Waals surface area contributed by atoms with Crippen LogP contribution in [-0.2, 0) is 22.8 Å². The number of amides is 2. The number of methoxy groups -OCH3 is 1. The van der Waals surface area contributed by atoms with Crippen molar-refractivity contribution in [2.75, 3.05) is 25.6 Å². The Morgan fingerprint density at radius 2 is 1.74 bits per heavy atom. The summed E-state index contributed by atoms with van der Waals surface area (Å²) in [5, 5.41) is 3.58. The molecule has 0 bridgehead atoms. The van der Waals surface area contributed by atoms with Crippen LogP contribution in [0.2, 0.25) is 0 Å². The predicted molar refractivity (Wildman–Crippen MR) is 138 cm³/mol. The van der Waals surface area contributed by atoms with Gasteiger partial charge in [-0.3, -0.25) is 9.59 Å². The topological polar surface area (TPSA) is 63.6 Å². The molecule has 6 nitrogen and oxygen atoms in total. The number of aryl methyl sites for hydroxylation is 1. The number of para-hydroxylation sites is 1. The number of rotatable bonds is 6. The van der Waals surface area contributed by atoms with E-state index in [1.54, 1.807) is 29.2 Å². The Labute approximate surface area is 217 Å². The van der Waals surface area contributed by atoms with Crippen LogP contribution in [0.25, 0.3) is 10.9 Å². The van der Waals surface area contributed by atoms with Crippen LogP contribution in [0.4, 0.5) is 18.9 Å². The van der Waals surface area contributed by atoms with Gasteiger partial charge in [-0.15, -0.1) is 0 Å². The number of carbonyl (C=O) groups is 2. The number of aromatic nitrogens is 1. The van der Waals surface area contributed by atoms with E-state index in [4.69, 9.17) is 4.74 Å². The molecule has 0 radical (unpaired) electrons. The van der Waals surface area contributed by atoms with E-state index in [2.05, 4.69) is 5.32 Å². The SMILES string of the molecule is COCCN1C(=O)c2ccccc2[C@@H](C(=O)Nc2cccc(C(F)(F)F)c2)[C@@H]1c1cn(C)c2ccccc12. The molecule has 0 spiro atoms. The van der Waals surface area contributed by atoms with Crippen molar-refractivity contribution in [3.63, 3.8) is 0 Å². The third kappa shape index (κ3) is 4.54. The highest BCUT2D eigenvalue weighted by atomic mass is 19.4. The minimum atomic E-state index is -4.55. The maximum Gasteiger partial charge on any atom is 0.416 e. The van der Waals surface area contributed by atoms with Gasteiger partial charge in [0, 0.05) is 54.6 Å². The van der Waals surface area contributed by atoms with E-state index in [9.17, 15) is 22.8 Å². The zero-order valence-electron chi connectivity index (χ0n) is 20.8. The predicted octanol–water partition coefficient (Wildman–Crippen LogP) is 5.76. The molecule has 0 saturated heterocycles. The lowest BCUT2D eigenvalue weighted by Gasteiger charge is -2.41. The Hall–Kier alpha value is -4.11. The van der Waals surface area contributed by atoms with E-state index >= 15 is 0 Å². The Morgan fingerprint density at radius 3 is 2.50 bits per heavy atom. The molecule has 1 aromatic heterocycles. The molecule has 0 saturated carbocycles. The quantitative estimate of drug-likeness (QED) is 0.351. The van der Waals surface area contributed by atoms with Crippen molar-refractivity contribution in [1.29, 1.82) is 0 Å². The lowest BCUT2D eigenvalue weighted by Crippen LogP contribution is -2.47. The Balaban J connectivity index is 1.66. The molecule has 4 aromatic rings. The van der Waals surface area contributed by atoms with Gasteiger partial charge in [-0.05, 0) is 35.9 Å². The van der Waals surface area contributed by atoms with Crippen LogP contribution < -0.4 is 5.32 Å². The Morgan fingerprint density at radius 1 is 1.00 bits per heavy atom. The van der Waals surface area contributed by atoms with Gasteiger partial charge in [0.25, 0.3) is 5.91 Å². The number of nitrogens with zero attached hydrogens (tertiary/aromatic N) is 2. The van der Waals surface area contributed by atoms with Gasteiger partial charge >= 0.3 is 6.18 Å². The summed E-state index contributed by atoms with van der Waals surface area (Å²) in [6, 6.07) is 18.4. The van der Waals surface area contributed by atoms with Crippen molar-refractivity contribution in [1.82, 2.24) is 9.47 Å². The number of ether oxygens (including phenoxy) is 1. The molecule has 1 aliphatic heterocycles. The standard InChI is InChI=1S/C29H26F3N3O3/c1-34-17-23(20-10-5-6-13-24(20)34)26-25(27(36)33-19-9-7-8-18(16-19)29(30,31)32)21-11-3-4-12-22(21)28(37)35(26)14-15-38-2/h3-13,16-17,25-26H,14-15H2,1-2H3,(H,33,36)/t25-,26+/m1/s1. The molecular weight excluding hydrogens is 495 g/mol. The number of halogens is 3. The van der Waals surface area contributed by atoms with E-state index in [1.807, 2.05) is 42.1 Å². The first-order valence-electron chi connectivity index (χ1n) is 12.1.